The third-order valence-corrected chi connectivity index (χ3v) is 19.7. The molecular weight excluding hydrogens is 1050 g/mol. The van der Waals surface area contributed by atoms with Gasteiger partial charge in [-0.3, -0.25) is 0 Å². The monoisotopic (exact) mass is 1110 g/mol. The van der Waals surface area contributed by atoms with Gasteiger partial charge in [-0.05, 0) is 190 Å². The smallest absolute Gasteiger partial charge is 0.0656 e. The standard InChI is InChI=1S/C46H30.C39H32Si/c1-2-12-31(13-3-1)38-28-39(36-24-22-32-14-4-6-16-34(32)26-36)30-40(29-38)46-43-20-10-8-18-41(43)45(42-19-9-11-21-44(42)46)37-25-23-33-15-5-7-17-35(33)27-37;1-40(2,3)33-24-22-29(23-25-33)28-16-19-30(20-17-28)38-34-12-6-8-14-36(34)39(37-15-9-7-13-35(37)38)32-21-18-27-10-4-5-11-31(27)26-32/h1-30H;4-26H,1-3H3. The molecule has 0 saturated carbocycles. The maximum Gasteiger partial charge on any atom is 0.0775 e. The zero-order valence-electron chi connectivity index (χ0n) is 48.6. The summed E-state index contributed by atoms with van der Waals surface area (Å²) in [6, 6.07) is 118. The van der Waals surface area contributed by atoms with Gasteiger partial charge < -0.3 is 0 Å². The van der Waals surface area contributed by atoms with Crippen LogP contribution < -0.4 is 5.19 Å². The zero-order chi connectivity index (χ0) is 57.7. The molecule has 16 aromatic rings. The van der Waals surface area contributed by atoms with E-state index in [1.807, 2.05) is 0 Å². The summed E-state index contributed by atoms with van der Waals surface area (Å²) in [7, 11) is -1.31. The molecule has 0 aliphatic carbocycles. The lowest BCUT2D eigenvalue weighted by Crippen LogP contribution is -2.37. The number of hydrogen-bond acceptors (Lipinski definition) is 0. The van der Waals surface area contributed by atoms with Crippen LogP contribution in [0.25, 0.3) is 153 Å². The molecule has 0 unspecified atom stereocenters. The molecule has 1 heteroatoms. The van der Waals surface area contributed by atoms with Crippen molar-refractivity contribution >= 4 is 88.7 Å². The highest BCUT2D eigenvalue weighted by Crippen LogP contribution is 2.47. The van der Waals surface area contributed by atoms with Gasteiger partial charge in [-0.15, -0.1) is 0 Å². The van der Waals surface area contributed by atoms with Crippen LogP contribution in [0.2, 0.25) is 19.6 Å². The molecule has 0 aromatic heterocycles. The Hall–Kier alpha value is -10.4. The molecule has 0 atom stereocenters. The van der Waals surface area contributed by atoms with Crippen LogP contribution in [0.4, 0.5) is 0 Å². The Kier molecular flexibility index (Phi) is 13.4. The van der Waals surface area contributed by atoms with Crippen molar-refractivity contribution in [3.05, 3.63) is 322 Å². The van der Waals surface area contributed by atoms with Crippen molar-refractivity contribution in [2.75, 3.05) is 0 Å². The van der Waals surface area contributed by atoms with Crippen LogP contribution >= 0.6 is 0 Å². The fourth-order valence-electron chi connectivity index (χ4n) is 13.3. The largest absolute Gasteiger partial charge is 0.0775 e. The molecule has 0 fully saturated rings. The molecule has 0 aliphatic rings. The molecule has 0 heterocycles. The van der Waals surface area contributed by atoms with Crippen molar-refractivity contribution in [3.8, 4) is 77.9 Å². The normalized spacial score (nSPS) is 11.7. The summed E-state index contributed by atoms with van der Waals surface area (Å²) >= 11 is 0. The van der Waals surface area contributed by atoms with Gasteiger partial charge in [0.05, 0.1) is 8.07 Å². The van der Waals surface area contributed by atoms with Crippen molar-refractivity contribution < 1.29 is 0 Å². The van der Waals surface area contributed by atoms with E-state index in [0.717, 1.165) is 0 Å². The van der Waals surface area contributed by atoms with E-state index in [1.165, 1.54) is 158 Å². The van der Waals surface area contributed by atoms with Crippen molar-refractivity contribution in [1.29, 1.82) is 0 Å². The molecule has 0 spiro atoms. The first-order chi connectivity index (χ1) is 42.3. The van der Waals surface area contributed by atoms with Crippen molar-refractivity contribution in [2.45, 2.75) is 19.6 Å². The van der Waals surface area contributed by atoms with Crippen LogP contribution in [-0.4, -0.2) is 8.07 Å². The summed E-state index contributed by atoms with van der Waals surface area (Å²) in [6.07, 6.45) is 0. The van der Waals surface area contributed by atoms with Gasteiger partial charge in [-0.25, -0.2) is 0 Å². The Morgan fingerprint density at radius 1 is 0.163 bits per heavy atom. The molecule has 16 rings (SSSR count). The molecule has 406 valence electrons. The highest BCUT2D eigenvalue weighted by atomic mass is 28.3. The van der Waals surface area contributed by atoms with Crippen molar-refractivity contribution in [2.24, 2.45) is 0 Å². The Bertz CT molecular complexity index is 5130. The van der Waals surface area contributed by atoms with Crippen molar-refractivity contribution in [3.63, 3.8) is 0 Å². The summed E-state index contributed by atoms with van der Waals surface area (Å²) in [4.78, 5) is 0. The van der Waals surface area contributed by atoms with E-state index < -0.39 is 8.07 Å². The average Bonchev–Trinajstić information content (AvgIpc) is 0.949. The molecule has 16 aromatic carbocycles. The quantitative estimate of drug-likeness (QED) is 0.105. The summed E-state index contributed by atoms with van der Waals surface area (Å²) in [6.45, 7) is 7.20. The molecule has 0 bridgehead atoms. The highest BCUT2D eigenvalue weighted by Gasteiger charge is 2.21. The summed E-state index contributed by atoms with van der Waals surface area (Å²) in [5.41, 5.74) is 17.5. The second-order valence-corrected chi connectivity index (χ2v) is 29.0. The van der Waals surface area contributed by atoms with Gasteiger partial charge in [-0.2, -0.15) is 0 Å². The third-order valence-electron chi connectivity index (χ3n) is 17.6. The molecule has 0 aliphatic heterocycles. The topological polar surface area (TPSA) is 0 Å². The van der Waals surface area contributed by atoms with E-state index in [2.05, 4.69) is 341 Å². The van der Waals surface area contributed by atoms with Gasteiger partial charge >= 0.3 is 0 Å². The lowest BCUT2D eigenvalue weighted by atomic mass is 9.84. The van der Waals surface area contributed by atoms with E-state index >= 15 is 0 Å². The maximum absolute atomic E-state index is 2.40. The van der Waals surface area contributed by atoms with E-state index in [-0.39, 0.29) is 0 Å². The minimum absolute atomic E-state index is 1.22. The number of benzene rings is 16. The van der Waals surface area contributed by atoms with Crippen LogP contribution in [0.1, 0.15) is 0 Å². The van der Waals surface area contributed by atoms with Gasteiger partial charge in [0.25, 0.3) is 0 Å². The minimum atomic E-state index is -1.31. The number of fused-ring (bicyclic) bond motifs is 7. The molecule has 86 heavy (non-hydrogen) atoms. The first-order valence-electron chi connectivity index (χ1n) is 30.0. The molecule has 0 radical (unpaired) electrons. The molecular formula is C85H62Si. The van der Waals surface area contributed by atoms with Crippen LogP contribution in [0.5, 0.6) is 0 Å². The second-order valence-electron chi connectivity index (χ2n) is 23.9. The second kappa shape index (κ2) is 22.0. The summed E-state index contributed by atoms with van der Waals surface area (Å²) < 4.78 is 0. The van der Waals surface area contributed by atoms with E-state index in [9.17, 15) is 0 Å². The highest BCUT2D eigenvalue weighted by molar-refractivity contribution is 6.88. The molecule has 0 amide bonds. The van der Waals surface area contributed by atoms with E-state index in [0.29, 0.717) is 0 Å². The van der Waals surface area contributed by atoms with Crippen LogP contribution in [-0.2, 0) is 0 Å². The lowest BCUT2D eigenvalue weighted by Gasteiger charge is -2.19. The van der Waals surface area contributed by atoms with E-state index in [4.69, 9.17) is 0 Å². The summed E-state index contributed by atoms with van der Waals surface area (Å²) in [5, 5.41) is 19.3. The molecule has 0 nitrogen and oxygen atoms in total. The van der Waals surface area contributed by atoms with Crippen molar-refractivity contribution in [1.82, 2.24) is 0 Å². The fraction of sp³-hybridized carbons (Fsp3) is 0.0353. The average molecular weight is 1110 g/mol. The Morgan fingerprint density at radius 3 is 0.814 bits per heavy atom. The van der Waals surface area contributed by atoms with Gasteiger partial charge in [0.2, 0.25) is 0 Å². The Labute approximate surface area is 504 Å². The van der Waals surface area contributed by atoms with E-state index in [1.54, 1.807) is 0 Å². The first kappa shape index (κ1) is 52.4. The predicted molar refractivity (Wildman–Crippen MR) is 376 cm³/mol. The fourth-order valence-corrected chi connectivity index (χ4v) is 14.5. The summed E-state index contributed by atoms with van der Waals surface area (Å²) in [5.74, 6) is 0. The maximum atomic E-state index is 2.40. The van der Waals surface area contributed by atoms with Crippen LogP contribution in [0, 0.1) is 0 Å². The third kappa shape index (κ3) is 9.72. The van der Waals surface area contributed by atoms with Gasteiger partial charge in [0.15, 0.2) is 0 Å². The van der Waals surface area contributed by atoms with Gasteiger partial charge in [-0.1, -0.05) is 310 Å². The van der Waals surface area contributed by atoms with Crippen LogP contribution in [0.15, 0.2) is 322 Å². The Balaban J connectivity index is 0.000000147. The van der Waals surface area contributed by atoms with Gasteiger partial charge in [0.1, 0.15) is 0 Å². The number of hydrogen-bond donors (Lipinski definition) is 0. The lowest BCUT2D eigenvalue weighted by molar-refractivity contribution is 1.59. The SMILES string of the molecule is C[Si](C)(C)c1ccc(-c2ccc(-c3c4ccccc4c(-c4ccc5ccccc5c4)c4ccccc34)cc2)cc1.c1ccc(-c2cc(-c3ccc4ccccc4c3)cc(-c3c4ccccc4c(-c4ccc5ccccc5c4)c4ccccc34)c2)cc1. The van der Waals surface area contributed by atoms with Gasteiger partial charge in [0, 0.05) is 0 Å². The molecule has 0 saturated heterocycles. The Morgan fingerprint density at radius 2 is 0.419 bits per heavy atom. The minimum Gasteiger partial charge on any atom is -0.0656 e. The first-order valence-corrected chi connectivity index (χ1v) is 33.5. The zero-order valence-corrected chi connectivity index (χ0v) is 49.6. The predicted octanol–water partition coefficient (Wildman–Crippen LogP) is 23.7. The van der Waals surface area contributed by atoms with Crippen LogP contribution in [0.3, 0.4) is 0 Å². The molecule has 0 N–H and O–H groups in total. The number of rotatable bonds is 8.